The first kappa shape index (κ1) is 15.6. The van der Waals surface area contributed by atoms with Gasteiger partial charge in [0, 0.05) is 6.54 Å². The zero-order valence-electron chi connectivity index (χ0n) is 11.8. The zero-order valence-corrected chi connectivity index (χ0v) is 11.8. The van der Waals surface area contributed by atoms with Gasteiger partial charge in [0.05, 0.1) is 11.5 Å². The fourth-order valence-corrected chi connectivity index (χ4v) is 2.37. The molecular formula is C15H17F3N2O. The van der Waals surface area contributed by atoms with E-state index in [2.05, 4.69) is 15.7 Å². The average molecular weight is 298 g/mol. The molecule has 3 nitrogen and oxygen atoms in total. The molecule has 1 aromatic carbocycles. The minimum atomic E-state index is -4.66. The molecule has 0 spiro atoms. The van der Waals surface area contributed by atoms with E-state index in [0.29, 0.717) is 6.54 Å². The van der Waals surface area contributed by atoms with Gasteiger partial charge in [0.25, 0.3) is 0 Å². The van der Waals surface area contributed by atoms with E-state index in [0.717, 1.165) is 31.5 Å². The Morgan fingerprint density at radius 2 is 1.81 bits per heavy atom. The van der Waals surface area contributed by atoms with E-state index in [1.54, 1.807) is 12.1 Å². The van der Waals surface area contributed by atoms with Crippen molar-refractivity contribution in [3.05, 3.63) is 29.8 Å². The number of halogens is 3. The third kappa shape index (κ3) is 4.64. The molecule has 6 heteroatoms. The Kier molecular flexibility index (Phi) is 4.43. The van der Waals surface area contributed by atoms with Crippen molar-refractivity contribution in [3.8, 4) is 11.8 Å². The van der Waals surface area contributed by atoms with Crippen molar-refractivity contribution in [2.45, 2.75) is 32.7 Å². The molecule has 1 heterocycles. The SMILES string of the molecule is CC1(C#N)CCN(Cc2ccc(OC(F)(F)F)cc2)CC1. The van der Waals surface area contributed by atoms with Crippen molar-refractivity contribution in [1.29, 1.82) is 5.26 Å². The standard InChI is InChI=1S/C15H17F3N2O/c1-14(11-19)6-8-20(9-7-14)10-12-2-4-13(5-3-12)21-15(16,17)18/h2-5H,6-10H2,1H3. The van der Waals surface area contributed by atoms with Crippen molar-refractivity contribution in [2.24, 2.45) is 5.41 Å². The molecule has 114 valence electrons. The van der Waals surface area contributed by atoms with E-state index < -0.39 is 6.36 Å². The van der Waals surface area contributed by atoms with Gasteiger partial charge in [0.2, 0.25) is 0 Å². The second kappa shape index (κ2) is 5.94. The molecular weight excluding hydrogens is 281 g/mol. The lowest BCUT2D eigenvalue weighted by molar-refractivity contribution is -0.274. The molecule has 0 atom stereocenters. The predicted molar refractivity (Wildman–Crippen MR) is 71.4 cm³/mol. The van der Waals surface area contributed by atoms with Gasteiger partial charge in [-0.1, -0.05) is 12.1 Å². The molecule has 0 radical (unpaired) electrons. The highest BCUT2D eigenvalue weighted by Crippen LogP contribution is 2.30. The maximum Gasteiger partial charge on any atom is 0.573 e. The normalized spacial score (nSPS) is 19.0. The molecule has 1 aliphatic rings. The number of nitriles is 1. The summed E-state index contributed by atoms with van der Waals surface area (Å²) in [4.78, 5) is 2.21. The van der Waals surface area contributed by atoms with Gasteiger partial charge in [-0.15, -0.1) is 13.2 Å². The first-order valence-corrected chi connectivity index (χ1v) is 6.78. The topological polar surface area (TPSA) is 36.3 Å². The van der Waals surface area contributed by atoms with E-state index in [9.17, 15) is 13.2 Å². The fourth-order valence-electron chi connectivity index (χ4n) is 2.37. The third-order valence-electron chi connectivity index (χ3n) is 3.79. The summed E-state index contributed by atoms with van der Waals surface area (Å²) in [6.45, 7) is 4.29. The van der Waals surface area contributed by atoms with Crippen molar-refractivity contribution in [2.75, 3.05) is 13.1 Å². The number of hydrogen-bond acceptors (Lipinski definition) is 3. The minimum Gasteiger partial charge on any atom is -0.406 e. The summed E-state index contributed by atoms with van der Waals surface area (Å²) in [5.41, 5.74) is 0.686. The first-order valence-electron chi connectivity index (χ1n) is 6.78. The summed E-state index contributed by atoms with van der Waals surface area (Å²) in [5, 5.41) is 9.08. The van der Waals surface area contributed by atoms with E-state index >= 15 is 0 Å². The molecule has 0 amide bonds. The van der Waals surface area contributed by atoms with E-state index in [4.69, 9.17) is 5.26 Å². The van der Waals surface area contributed by atoms with E-state index in [1.165, 1.54) is 12.1 Å². The number of hydrogen-bond donors (Lipinski definition) is 0. The summed E-state index contributed by atoms with van der Waals surface area (Å²) < 4.78 is 40.0. The summed E-state index contributed by atoms with van der Waals surface area (Å²) in [5.74, 6) is -0.207. The van der Waals surface area contributed by atoms with Crippen LogP contribution in [0.15, 0.2) is 24.3 Å². The lowest BCUT2D eigenvalue weighted by Crippen LogP contribution is -2.37. The van der Waals surface area contributed by atoms with Crippen LogP contribution >= 0.6 is 0 Å². The van der Waals surface area contributed by atoms with Gasteiger partial charge in [-0.25, -0.2) is 0 Å². The van der Waals surface area contributed by atoms with Crippen LogP contribution in [0.2, 0.25) is 0 Å². The smallest absolute Gasteiger partial charge is 0.406 e. The number of alkyl halides is 3. The molecule has 1 fully saturated rings. The number of benzene rings is 1. The lowest BCUT2D eigenvalue weighted by Gasteiger charge is -2.34. The highest BCUT2D eigenvalue weighted by Gasteiger charge is 2.31. The second-order valence-electron chi connectivity index (χ2n) is 5.64. The second-order valence-corrected chi connectivity index (χ2v) is 5.64. The van der Waals surface area contributed by atoms with Crippen LogP contribution in [0.25, 0.3) is 0 Å². The number of likely N-dealkylation sites (tertiary alicyclic amines) is 1. The Hall–Kier alpha value is -1.74. The van der Waals surface area contributed by atoms with E-state index in [1.807, 2.05) is 6.92 Å². The highest BCUT2D eigenvalue weighted by atomic mass is 19.4. The minimum absolute atomic E-state index is 0.207. The lowest BCUT2D eigenvalue weighted by atomic mass is 9.82. The van der Waals surface area contributed by atoms with Crippen molar-refractivity contribution < 1.29 is 17.9 Å². The molecule has 21 heavy (non-hydrogen) atoms. The highest BCUT2D eigenvalue weighted by molar-refractivity contribution is 5.27. The quantitative estimate of drug-likeness (QED) is 0.853. The molecule has 1 aromatic rings. The van der Waals surface area contributed by atoms with Crippen molar-refractivity contribution in [1.82, 2.24) is 4.90 Å². The van der Waals surface area contributed by atoms with Gasteiger partial charge in [-0.3, -0.25) is 4.90 Å². The summed E-state index contributed by atoms with van der Waals surface area (Å²) in [6, 6.07) is 8.27. The van der Waals surface area contributed by atoms with Crippen LogP contribution in [0.1, 0.15) is 25.3 Å². The van der Waals surface area contributed by atoms with Gasteiger partial charge in [-0.05, 0) is 50.6 Å². The van der Waals surface area contributed by atoms with Crippen LogP contribution in [0.3, 0.4) is 0 Å². The van der Waals surface area contributed by atoms with E-state index in [-0.39, 0.29) is 11.2 Å². The van der Waals surface area contributed by atoms with Crippen LogP contribution in [-0.4, -0.2) is 24.4 Å². The van der Waals surface area contributed by atoms with Crippen LogP contribution < -0.4 is 4.74 Å². The monoisotopic (exact) mass is 298 g/mol. The van der Waals surface area contributed by atoms with Gasteiger partial charge < -0.3 is 4.74 Å². The van der Waals surface area contributed by atoms with Crippen LogP contribution in [0.4, 0.5) is 13.2 Å². The number of piperidine rings is 1. The average Bonchev–Trinajstić information content (AvgIpc) is 2.42. The summed E-state index contributed by atoms with van der Waals surface area (Å²) in [7, 11) is 0. The Morgan fingerprint density at radius 3 is 2.29 bits per heavy atom. The number of ether oxygens (including phenoxy) is 1. The predicted octanol–water partition coefficient (Wildman–Crippen LogP) is 3.71. The summed E-state index contributed by atoms with van der Waals surface area (Å²) in [6.07, 6.45) is -3.02. The van der Waals surface area contributed by atoms with Crippen molar-refractivity contribution >= 4 is 0 Å². The molecule has 0 N–H and O–H groups in total. The first-order chi connectivity index (χ1) is 9.80. The number of nitrogens with zero attached hydrogens (tertiary/aromatic N) is 2. The Morgan fingerprint density at radius 1 is 1.24 bits per heavy atom. The molecule has 0 unspecified atom stereocenters. The maximum absolute atomic E-state index is 12.1. The Balaban J connectivity index is 1.89. The largest absolute Gasteiger partial charge is 0.573 e. The van der Waals surface area contributed by atoms with Gasteiger partial charge in [0.15, 0.2) is 0 Å². The zero-order chi connectivity index (χ0) is 15.5. The van der Waals surface area contributed by atoms with Crippen LogP contribution in [0.5, 0.6) is 5.75 Å². The molecule has 0 aliphatic carbocycles. The Bertz CT molecular complexity index is 511. The van der Waals surface area contributed by atoms with Gasteiger partial charge >= 0.3 is 6.36 Å². The molecule has 0 bridgehead atoms. The molecule has 0 saturated carbocycles. The number of rotatable bonds is 3. The summed E-state index contributed by atoms with van der Waals surface area (Å²) >= 11 is 0. The molecule has 1 saturated heterocycles. The van der Waals surface area contributed by atoms with Crippen LogP contribution in [0, 0.1) is 16.7 Å². The maximum atomic E-state index is 12.1. The third-order valence-corrected chi connectivity index (χ3v) is 3.79. The van der Waals surface area contributed by atoms with Gasteiger partial charge in [-0.2, -0.15) is 5.26 Å². The van der Waals surface area contributed by atoms with Crippen LogP contribution in [-0.2, 0) is 6.54 Å². The molecule has 2 rings (SSSR count). The van der Waals surface area contributed by atoms with Crippen molar-refractivity contribution in [3.63, 3.8) is 0 Å². The molecule has 1 aliphatic heterocycles. The molecule has 0 aromatic heterocycles. The van der Waals surface area contributed by atoms with Gasteiger partial charge in [0.1, 0.15) is 5.75 Å². The fraction of sp³-hybridized carbons (Fsp3) is 0.533. The Labute approximate surface area is 121 Å².